The van der Waals surface area contributed by atoms with Crippen molar-refractivity contribution in [2.24, 2.45) is 0 Å². The van der Waals surface area contributed by atoms with E-state index >= 15 is 0 Å². The van der Waals surface area contributed by atoms with Gasteiger partial charge in [0.15, 0.2) is 0 Å². The van der Waals surface area contributed by atoms with Crippen LogP contribution in [-0.4, -0.2) is 23.6 Å². The fraction of sp³-hybridized carbons (Fsp3) is 0.421. The molecule has 1 N–H and O–H groups in total. The number of benzene rings is 1. The molecule has 1 heterocycles. The number of hydrogen-bond acceptors (Lipinski definition) is 5. The van der Waals surface area contributed by atoms with Crippen molar-refractivity contribution in [1.29, 1.82) is 0 Å². The fourth-order valence-electron chi connectivity index (χ4n) is 2.86. The van der Waals surface area contributed by atoms with E-state index in [-0.39, 0.29) is 12.9 Å². The Bertz CT molecular complexity index is 686. The highest BCUT2D eigenvalue weighted by molar-refractivity contribution is 6.19. The van der Waals surface area contributed by atoms with Crippen LogP contribution < -0.4 is 5.32 Å². The molecule has 1 spiro atoms. The molecule has 2 aliphatic rings. The number of anilines is 1. The summed E-state index contributed by atoms with van der Waals surface area (Å²) in [6.45, 7) is 5.40. The Labute approximate surface area is 148 Å². The molecule has 1 saturated carbocycles. The molecule has 1 aliphatic heterocycles. The summed E-state index contributed by atoms with van der Waals surface area (Å²) in [5.74, 6) is -2.58. The number of rotatable bonds is 2. The molecule has 0 atom stereocenters. The van der Waals surface area contributed by atoms with E-state index in [0.717, 1.165) is 12.8 Å². The maximum atomic E-state index is 12.2. The van der Waals surface area contributed by atoms with Crippen LogP contribution in [-0.2, 0) is 23.9 Å². The van der Waals surface area contributed by atoms with Gasteiger partial charge in [-0.1, -0.05) is 26.0 Å². The Morgan fingerprint density at radius 2 is 1.76 bits per heavy atom. The maximum Gasteiger partial charge on any atom is 0.348 e. The van der Waals surface area contributed by atoms with Crippen molar-refractivity contribution in [2.45, 2.75) is 52.2 Å². The zero-order valence-corrected chi connectivity index (χ0v) is 14.8. The van der Waals surface area contributed by atoms with Gasteiger partial charge in [-0.3, -0.25) is 4.79 Å². The normalized spacial score (nSPS) is 18.0. The molecule has 25 heavy (non-hydrogen) atoms. The summed E-state index contributed by atoms with van der Waals surface area (Å²) in [6.07, 6.45) is 4.26. The van der Waals surface area contributed by atoms with Gasteiger partial charge in [-0.05, 0) is 36.6 Å². The smallest absolute Gasteiger partial charge is 0.348 e. The van der Waals surface area contributed by atoms with Gasteiger partial charge in [0, 0.05) is 26.9 Å². The predicted molar refractivity (Wildman–Crippen MR) is 95.6 cm³/mol. The summed E-state index contributed by atoms with van der Waals surface area (Å²) in [6, 6.07) is 6.82. The monoisotopic (exact) mass is 347 g/mol. The summed E-state index contributed by atoms with van der Waals surface area (Å²) in [5, 5.41) is 2.64. The lowest BCUT2D eigenvalue weighted by molar-refractivity contribution is -0.232. The summed E-state index contributed by atoms with van der Waals surface area (Å²) in [4.78, 5) is 35.4. The molecular formula is C19H25NO5. The lowest BCUT2D eigenvalue weighted by atomic mass is 10.1. The minimum Gasteiger partial charge on any atom is -0.419 e. The van der Waals surface area contributed by atoms with Crippen molar-refractivity contribution in [3.8, 4) is 0 Å². The Balaban J connectivity index is 0.00000109. The summed E-state index contributed by atoms with van der Waals surface area (Å²) >= 11 is 0. The van der Waals surface area contributed by atoms with E-state index in [1.807, 2.05) is 13.8 Å². The predicted octanol–water partition coefficient (Wildman–Crippen LogP) is 3.67. The van der Waals surface area contributed by atoms with Crippen molar-refractivity contribution in [3.05, 3.63) is 35.4 Å². The lowest BCUT2D eigenvalue weighted by Crippen LogP contribution is -2.44. The number of amides is 1. The van der Waals surface area contributed by atoms with Gasteiger partial charge in [0.05, 0.1) is 0 Å². The SMILES string of the molecule is CC.CC(=O)Nc1cccc(C=C2C(=O)OC3(CCCC3)OC2=O)c1.[HH]. The van der Waals surface area contributed by atoms with Gasteiger partial charge >= 0.3 is 11.9 Å². The quantitative estimate of drug-likeness (QED) is 0.501. The standard InChI is InChI=1S/C17H17NO5.C2H6.H2/c1-11(19)18-13-6-4-5-12(9-13)10-14-15(20)22-17(23-16(14)21)7-2-3-8-17;1-2;/h4-6,9-10H,2-3,7-8H2,1H3,(H,18,19);1-2H3;1H. The molecule has 1 aromatic rings. The van der Waals surface area contributed by atoms with Gasteiger partial charge in [0.25, 0.3) is 5.79 Å². The Hall–Kier alpha value is -2.63. The molecule has 1 amide bonds. The minimum absolute atomic E-state index is 0. The van der Waals surface area contributed by atoms with Crippen LogP contribution in [0.25, 0.3) is 6.08 Å². The van der Waals surface area contributed by atoms with E-state index in [0.29, 0.717) is 24.1 Å². The number of esters is 2. The number of nitrogens with one attached hydrogen (secondary N) is 1. The van der Waals surface area contributed by atoms with Gasteiger partial charge in [-0.2, -0.15) is 0 Å². The topological polar surface area (TPSA) is 81.7 Å². The highest BCUT2D eigenvalue weighted by Crippen LogP contribution is 2.38. The zero-order chi connectivity index (χ0) is 18.4. The first-order valence-corrected chi connectivity index (χ1v) is 8.53. The van der Waals surface area contributed by atoms with Gasteiger partial charge in [0.2, 0.25) is 5.91 Å². The molecular weight excluding hydrogens is 322 g/mol. The molecule has 0 radical (unpaired) electrons. The fourth-order valence-corrected chi connectivity index (χ4v) is 2.86. The molecule has 3 rings (SSSR count). The van der Waals surface area contributed by atoms with Crippen LogP contribution >= 0.6 is 0 Å². The van der Waals surface area contributed by atoms with Crippen molar-refractivity contribution >= 4 is 29.6 Å². The van der Waals surface area contributed by atoms with Crippen molar-refractivity contribution in [3.63, 3.8) is 0 Å². The Morgan fingerprint density at radius 3 is 2.32 bits per heavy atom. The molecule has 1 saturated heterocycles. The third kappa shape index (κ3) is 4.47. The van der Waals surface area contributed by atoms with E-state index in [9.17, 15) is 14.4 Å². The highest BCUT2D eigenvalue weighted by atomic mass is 16.7. The largest absolute Gasteiger partial charge is 0.419 e. The second-order valence-corrected chi connectivity index (χ2v) is 5.76. The molecule has 6 nitrogen and oxygen atoms in total. The van der Waals surface area contributed by atoms with Crippen molar-refractivity contribution < 1.29 is 25.3 Å². The third-order valence-corrected chi connectivity index (χ3v) is 3.88. The van der Waals surface area contributed by atoms with Crippen LogP contribution in [0, 0.1) is 0 Å². The molecule has 1 aliphatic carbocycles. The summed E-state index contributed by atoms with van der Waals surface area (Å²) < 4.78 is 10.7. The second-order valence-electron chi connectivity index (χ2n) is 5.76. The van der Waals surface area contributed by atoms with Gasteiger partial charge in [-0.25, -0.2) is 9.59 Å². The van der Waals surface area contributed by atoms with Gasteiger partial charge in [-0.15, -0.1) is 0 Å². The van der Waals surface area contributed by atoms with Crippen LogP contribution in [0.1, 0.15) is 53.4 Å². The number of hydrogen-bond donors (Lipinski definition) is 1. The molecule has 0 aromatic heterocycles. The van der Waals surface area contributed by atoms with Gasteiger partial charge in [0.1, 0.15) is 5.57 Å². The van der Waals surface area contributed by atoms with Crippen LogP contribution in [0.15, 0.2) is 29.8 Å². The second kappa shape index (κ2) is 7.96. The van der Waals surface area contributed by atoms with E-state index in [2.05, 4.69) is 5.32 Å². The van der Waals surface area contributed by atoms with Crippen LogP contribution in [0.5, 0.6) is 0 Å². The summed E-state index contributed by atoms with van der Waals surface area (Å²) in [5.41, 5.74) is 1.04. The Kier molecular flexibility index (Phi) is 5.96. The van der Waals surface area contributed by atoms with Crippen molar-refractivity contribution in [2.75, 3.05) is 5.32 Å². The molecule has 6 heteroatoms. The molecule has 2 fully saturated rings. The van der Waals surface area contributed by atoms with Gasteiger partial charge < -0.3 is 14.8 Å². The van der Waals surface area contributed by atoms with Crippen LogP contribution in [0.2, 0.25) is 0 Å². The molecule has 1 aromatic carbocycles. The average Bonchev–Trinajstić information content (AvgIpc) is 3.00. The van der Waals surface area contributed by atoms with E-state index in [1.165, 1.54) is 13.0 Å². The number of ether oxygens (including phenoxy) is 2. The highest BCUT2D eigenvalue weighted by Gasteiger charge is 2.47. The maximum absolute atomic E-state index is 12.2. The third-order valence-electron chi connectivity index (χ3n) is 3.88. The van der Waals surface area contributed by atoms with Crippen LogP contribution in [0.3, 0.4) is 0 Å². The lowest BCUT2D eigenvalue weighted by Gasteiger charge is -2.32. The summed E-state index contributed by atoms with van der Waals surface area (Å²) in [7, 11) is 0. The Morgan fingerprint density at radius 1 is 1.16 bits per heavy atom. The van der Waals surface area contributed by atoms with E-state index in [1.54, 1.807) is 24.3 Å². The van der Waals surface area contributed by atoms with Crippen molar-refractivity contribution in [1.82, 2.24) is 0 Å². The first kappa shape index (κ1) is 18.7. The molecule has 0 bridgehead atoms. The zero-order valence-electron chi connectivity index (χ0n) is 14.8. The van der Waals surface area contributed by atoms with Crippen LogP contribution in [0.4, 0.5) is 5.69 Å². The number of carbonyl (C=O) groups is 3. The molecule has 0 unspecified atom stereocenters. The minimum atomic E-state index is -1.07. The first-order valence-electron chi connectivity index (χ1n) is 8.53. The van der Waals surface area contributed by atoms with E-state index in [4.69, 9.17) is 9.47 Å². The first-order chi connectivity index (χ1) is 12.0. The van der Waals surface area contributed by atoms with E-state index < -0.39 is 17.7 Å². The average molecular weight is 347 g/mol. The molecule has 136 valence electrons. The number of carbonyl (C=O) groups excluding carboxylic acids is 3.